The van der Waals surface area contributed by atoms with Crippen LogP contribution in [0.25, 0.3) is 16.6 Å². The number of nitrogens with two attached hydrogens (primary N) is 1. The zero-order valence-electron chi connectivity index (χ0n) is 17.9. The number of anilines is 2. The van der Waals surface area contributed by atoms with Crippen molar-refractivity contribution in [2.45, 2.75) is 43.7 Å². The normalized spacial score (nSPS) is 23.6. The first-order chi connectivity index (χ1) is 15.6. The second-order valence-corrected chi connectivity index (χ2v) is 8.71. The Bertz CT molecular complexity index is 1300. The van der Waals surface area contributed by atoms with Gasteiger partial charge in [0.2, 0.25) is 5.95 Å². The van der Waals surface area contributed by atoms with Crippen LogP contribution in [0.1, 0.15) is 43.5 Å². The lowest BCUT2D eigenvalue weighted by molar-refractivity contribution is 0.0254. The highest BCUT2D eigenvalue weighted by Gasteiger charge is 2.32. The molecule has 1 unspecified atom stereocenters. The molecule has 1 saturated carbocycles. The smallest absolute Gasteiger partial charge is 0.223 e. The van der Waals surface area contributed by atoms with Gasteiger partial charge in [0.05, 0.1) is 31.1 Å². The number of rotatable bonds is 4. The molecule has 0 bridgehead atoms. The van der Waals surface area contributed by atoms with Gasteiger partial charge in [0.25, 0.3) is 0 Å². The Morgan fingerprint density at radius 2 is 2.09 bits per heavy atom. The monoisotopic (exact) mass is 434 g/mol. The first-order valence-corrected chi connectivity index (χ1v) is 11.1. The summed E-state index contributed by atoms with van der Waals surface area (Å²) in [5.74, 6) is 1.92. The van der Waals surface area contributed by atoms with Crippen molar-refractivity contribution in [2.75, 3.05) is 30.8 Å². The third-order valence-electron chi connectivity index (χ3n) is 6.81. The molecule has 166 valence electrons. The minimum atomic E-state index is -0.286. The van der Waals surface area contributed by atoms with E-state index in [1.807, 2.05) is 35.3 Å². The van der Waals surface area contributed by atoms with E-state index in [4.69, 9.17) is 20.6 Å². The van der Waals surface area contributed by atoms with Crippen molar-refractivity contribution in [2.24, 2.45) is 0 Å². The third kappa shape index (κ3) is 2.97. The van der Waals surface area contributed by atoms with Gasteiger partial charge in [0, 0.05) is 30.6 Å². The SMILES string of the molecule is COc1cccc2c1nc(N)n1nc([C@@H]3CCCN(c4cnn([C@H]5CCC5O)c4)C3)nc21. The molecule has 10 nitrogen and oxygen atoms in total. The predicted molar refractivity (Wildman–Crippen MR) is 120 cm³/mol. The zero-order chi connectivity index (χ0) is 21.8. The number of ether oxygens (including phenoxy) is 1. The number of aliphatic hydroxyl groups is 1. The van der Waals surface area contributed by atoms with Crippen LogP contribution < -0.4 is 15.4 Å². The fourth-order valence-corrected chi connectivity index (χ4v) is 4.85. The highest BCUT2D eigenvalue weighted by Crippen LogP contribution is 2.35. The maximum atomic E-state index is 9.95. The number of fused-ring (bicyclic) bond motifs is 3. The van der Waals surface area contributed by atoms with Gasteiger partial charge in [0.15, 0.2) is 11.5 Å². The predicted octanol–water partition coefficient (Wildman–Crippen LogP) is 2.14. The summed E-state index contributed by atoms with van der Waals surface area (Å²) in [6.45, 7) is 1.77. The molecule has 2 aliphatic rings. The van der Waals surface area contributed by atoms with Crippen LogP contribution in [0.5, 0.6) is 5.75 Å². The van der Waals surface area contributed by atoms with Gasteiger partial charge in [-0.3, -0.25) is 4.68 Å². The topological polar surface area (TPSA) is 120 Å². The number of para-hydroxylation sites is 1. The average molecular weight is 435 g/mol. The lowest BCUT2D eigenvalue weighted by Gasteiger charge is -2.33. The van der Waals surface area contributed by atoms with Crippen molar-refractivity contribution in [1.29, 1.82) is 0 Å². The summed E-state index contributed by atoms with van der Waals surface area (Å²) in [4.78, 5) is 11.7. The number of nitrogens with zero attached hydrogens (tertiary/aromatic N) is 7. The number of nitrogen functional groups attached to an aromatic ring is 1. The Hall–Kier alpha value is -3.40. The molecule has 6 rings (SSSR count). The maximum absolute atomic E-state index is 9.95. The molecule has 32 heavy (non-hydrogen) atoms. The fraction of sp³-hybridized carbons (Fsp3) is 0.455. The number of benzene rings is 1. The van der Waals surface area contributed by atoms with Crippen molar-refractivity contribution in [3.05, 3.63) is 36.4 Å². The van der Waals surface area contributed by atoms with E-state index in [-0.39, 0.29) is 18.1 Å². The standard InChI is InChI=1S/C22H26N8O2/c1-32-18-6-2-5-15-19(18)25-22(23)30-21(15)26-20(27-30)13-4-3-9-28(11-13)14-10-24-29(12-14)16-7-8-17(16)31/h2,5-6,10,12-13,16-17,31H,3-4,7-9,11H2,1H3,(H2,23,25)/t13-,16+,17?/m1/s1. The molecule has 3 atom stereocenters. The van der Waals surface area contributed by atoms with E-state index < -0.39 is 0 Å². The van der Waals surface area contributed by atoms with Crippen LogP contribution in [0.4, 0.5) is 11.6 Å². The van der Waals surface area contributed by atoms with Crippen LogP contribution in [0, 0.1) is 0 Å². The van der Waals surface area contributed by atoms with Gasteiger partial charge in [-0.2, -0.15) is 9.61 Å². The molecule has 0 amide bonds. The number of aromatic nitrogens is 6. The molecule has 1 aliphatic carbocycles. The Balaban J connectivity index is 1.31. The summed E-state index contributed by atoms with van der Waals surface area (Å²) in [6, 6.07) is 5.86. The number of piperidine rings is 1. The minimum Gasteiger partial charge on any atom is -0.494 e. The largest absolute Gasteiger partial charge is 0.494 e. The van der Waals surface area contributed by atoms with Crippen molar-refractivity contribution in [3.8, 4) is 5.75 Å². The second-order valence-electron chi connectivity index (χ2n) is 8.71. The Labute approximate surface area is 184 Å². The van der Waals surface area contributed by atoms with Crippen LogP contribution >= 0.6 is 0 Å². The van der Waals surface area contributed by atoms with Crippen LogP contribution in [-0.2, 0) is 0 Å². The molecule has 1 aromatic carbocycles. The van der Waals surface area contributed by atoms with Crippen LogP contribution in [0.2, 0.25) is 0 Å². The van der Waals surface area contributed by atoms with Gasteiger partial charge in [-0.25, -0.2) is 9.97 Å². The van der Waals surface area contributed by atoms with Crippen LogP contribution in [0.3, 0.4) is 0 Å². The van der Waals surface area contributed by atoms with Crippen molar-refractivity contribution in [1.82, 2.24) is 29.4 Å². The van der Waals surface area contributed by atoms with E-state index in [2.05, 4.69) is 15.0 Å². The zero-order valence-corrected chi connectivity index (χ0v) is 17.9. The second kappa shape index (κ2) is 7.33. The van der Waals surface area contributed by atoms with E-state index in [9.17, 15) is 5.11 Å². The summed E-state index contributed by atoms with van der Waals surface area (Å²) >= 11 is 0. The average Bonchev–Trinajstić information content (AvgIpc) is 3.46. The van der Waals surface area contributed by atoms with Crippen LogP contribution in [-0.4, -0.2) is 60.8 Å². The fourth-order valence-electron chi connectivity index (χ4n) is 4.85. The molecular weight excluding hydrogens is 408 g/mol. The first-order valence-electron chi connectivity index (χ1n) is 11.1. The summed E-state index contributed by atoms with van der Waals surface area (Å²) in [5.41, 5.74) is 8.69. The van der Waals surface area contributed by atoms with Crippen molar-refractivity contribution < 1.29 is 9.84 Å². The van der Waals surface area contributed by atoms with Gasteiger partial charge in [-0.1, -0.05) is 6.07 Å². The van der Waals surface area contributed by atoms with Gasteiger partial charge in [-0.05, 0) is 37.8 Å². The highest BCUT2D eigenvalue weighted by molar-refractivity contribution is 5.95. The Morgan fingerprint density at radius 3 is 2.88 bits per heavy atom. The molecule has 4 aromatic rings. The summed E-state index contributed by atoms with van der Waals surface area (Å²) in [6.07, 6.45) is 7.54. The minimum absolute atomic E-state index is 0.102. The van der Waals surface area contributed by atoms with E-state index in [0.717, 1.165) is 55.7 Å². The molecule has 3 N–H and O–H groups in total. The van der Waals surface area contributed by atoms with E-state index >= 15 is 0 Å². The number of hydrogen-bond acceptors (Lipinski definition) is 8. The molecule has 2 fully saturated rings. The van der Waals surface area contributed by atoms with Gasteiger partial charge < -0.3 is 20.5 Å². The van der Waals surface area contributed by atoms with E-state index in [1.165, 1.54) is 0 Å². The van der Waals surface area contributed by atoms with E-state index in [1.54, 1.807) is 11.6 Å². The summed E-state index contributed by atoms with van der Waals surface area (Å²) in [7, 11) is 1.62. The number of aliphatic hydroxyl groups excluding tert-OH is 1. The van der Waals surface area contributed by atoms with Gasteiger partial charge in [0.1, 0.15) is 11.3 Å². The first kappa shape index (κ1) is 19.3. The lowest BCUT2D eigenvalue weighted by atomic mass is 9.89. The van der Waals surface area contributed by atoms with Gasteiger partial charge >= 0.3 is 0 Å². The molecule has 4 heterocycles. The molecule has 0 radical (unpaired) electrons. The highest BCUT2D eigenvalue weighted by atomic mass is 16.5. The Kier molecular flexibility index (Phi) is 4.42. The van der Waals surface area contributed by atoms with Crippen LogP contribution in [0.15, 0.2) is 30.6 Å². The van der Waals surface area contributed by atoms with Gasteiger partial charge in [-0.15, -0.1) is 5.10 Å². The summed E-state index contributed by atoms with van der Waals surface area (Å²) < 4.78 is 8.99. The maximum Gasteiger partial charge on any atom is 0.223 e. The van der Waals surface area contributed by atoms with Crippen molar-refractivity contribution in [3.63, 3.8) is 0 Å². The molecule has 3 aromatic heterocycles. The lowest BCUT2D eigenvalue weighted by Crippen LogP contribution is -2.35. The molecule has 1 aliphatic heterocycles. The molecule has 0 spiro atoms. The quantitative estimate of drug-likeness (QED) is 0.501. The Morgan fingerprint density at radius 1 is 1.19 bits per heavy atom. The van der Waals surface area contributed by atoms with E-state index in [0.29, 0.717) is 22.9 Å². The summed E-state index contributed by atoms with van der Waals surface area (Å²) in [5, 5.41) is 20.1. The van der Waals surface area contributed by atoms with Crippen molar-refractivity contribution >= 4 is 28.2 Å². The molecular formula is C22H26N8O2. The third-order valence-corrected chi connectivity index (χ3v) is 6.81. The molecule has 10 heteroatoms. The molecule has 1 saturated heterocycles. The number of methoxy groups -OCH3 is 1. The number of hydrogen-bond donors (Lipinski definition) is 2.